The smallest absolute Gasteiger partial charge is 0.321 e. The number of methoxy groups -OCH3 is 2. The maximum absolute atomic E-state index is 12.7. The summed E-state index contributed by atoms with van der Waals surface area (Å²) in [6, 6.07) is 14.9. The summed E-state index contributed by atoms with van der Waals surface area (Å²) in [4.78, 5) is 14.5. The third-order valence-corrected chi connectivity index (χ3v) is 5.99. The lowest BCUT2D eigenvalue weighted by Gasteiger charge is -2.27. The van der Waals surface area contributed by atoms with Crippen LogP contribution in [0.25, 0.3) is 0 Å². The van der Waals surface area contributed by atoms with Gasteiger partial charge in [-0.25, -0.2) is 4.79 Å². The molecule has 2 unspecified atom stereocenters. The van der Waals surface area contributed by atoms with Crippen LogP contribution in [0, 0.1) is 11.8 Å². The predicted molar refractivity (Wildman–Crippen MR) is 107 cm³/mol. The minimum atomic E-state index is -0.848. The highest BCUT2D eigenvalue weighted by molar-refractivity contribution is 5.89. The molecule has 0 radical (unpaired) electrons. The van der Waals surface area contributed by atoms with Gasteiger partial charge >= 0.3 is 6.03 Å². The largest absolute Gasteiger partial charge is 0.497 e. The molecule has 0 aromatic heterocycles. The Labute approximate surface area is 165 Å². The highest BCUT2D eigenvalue weighted by Crippen LogP contribution is 2.49. The van der Waals surface area contributed by atoms with Crippen molar-refractivity contribution in [3.8, 4) is 11.5 Å². The molecule has 2 atom stereocenters. The van der Waals surface area contributed by atoms with Gasteiger partial charge in [0.05, 0.1) is 19.8 Å². The maximum Gasteiger partial charge on any atom is 0.321 e. The van der Waals surface area contributed by atoms with Crippen LogP contribution in [-0.4, -0.2) is 43.3 Å². The molecule has 2 aliphatic rings. The van der Waals surface area contributed by atoms with Crippen molar-refractivity contribution in [1.82, 2.24) is 4.90 Å². The zero-order valence-electron chi connectivity index (χ0n) is 16.2. The number of fused-ring (bicyclic) bond motifs is 1. The number of anilines is 1. The van der Waals surface area contributed by atoms with E-state index in [1.54, 1.807) is 20.3 Å². The van der Waals surface area contributed by atoms with E-state index in [9.17, 15) is 9.90 Å². The number of nitrogens with zero attached hydrogens (tertiary/aromatic N) is 1. The number of hydrogen-bond donors (Lipinski definition) is 2. The lowest BCUT2D eigenvalue weighted by atomic mass is 9.90. The minimum Gasteiger partial charge on any atom is -0.497 e. The van der Waals surface area contributed by atoms with E-state index < -0.39 is 5.60 Å². The number of hydrogen-bond acceptors (Lipinski definition) is 4. The molecular weight excluding hydrogens is 356 g/mol. The second-order valence-corrected chi connectivity index (χ2v) is 7.76. The SMILES string of the molecule is COc1cccc(NC(=O)N2CC3CC(O)(c4cccc(OC)c4)CC3C2)c1. The Morgan fingerprint density at radius 2 is 1.64 bits per heavy atom. The van der Waals surface area contributed by atoms with Gasteiger partial charge in [0, 0.05) is 24.8 Å². The average Bonchev–Trinajstić information content (AvgIpc) is 3.24. The molecule has 1 aliphatic carbocycles. The molecule has 0 bridgehead atoms. The van der Waals surface area contributed by atoms with Crippen LogP contribution in [0.15, 0.2) is 48.5 Å². The van der Waals surface area contributed by atoms with Crippen LogP contribution in [0.4, 0.5) is 10.5 Å². The summed E-state index contributed by atoms with van der Waals surface area (Å²) in [7, 11) is 3.23. The third-order valence-electron chi connectivity index (χ3n) is 5.99. The fourth-order valence-corrected chi connectivity index (χ4v) is 4.57. The monoisotopic (exact) mass is 382 g/mol. The van der Waals surface area contributed by atoms with Crippen molar-refractivity contribution in [3.63, 3.8) is 0 Å². The summed E-state index contributed by atoms with van der Waals surface area (Å²) in [6.45, 7) is 1.32. The molecule has 148 valence electrons. The van der Waals surface area contributed by atoms with Gasteiger partial charge in [-0.15, -0.1) is 0 Å². The Bertz CT molecular complexity index is 855. The molecule has 0 spiro atoms. The van der Waals surface area contributed by atoms with Gasteiger partial charge < -0.3 is 24.8 Å². The van der Waals surface area contributed by atoms with Crippen molar-refractivity contribution in [2.75, 3.05) is 32.6 Å². The van der Waals surface area contributed by atoms with Crippen molar-refractivity contribution in [3.05, 3.63) is 54.1 Å². The molecule has 1 heterocycles. The minimum absolute atomic E-state index is 0.104. The highest BCUT2D eigenvalue weighted by Gasteiger charge is 2.50. The van der Waals surface area contributed by atoms with Crippen molar-refractivity contribution >= 4 is 11.7 Å². The number of amides is 2. The van der Waals surface area contributed by atoms with E-state index in [-0.39, 0.29) is 6.03 Å². The first-order chi connectivity index (χ1) is 13.5. The molecule has 1 saturated heterocycles. The highest BCUT2D eigenvalue weighted by atomic mass is 16.5. The van der Waals surface area contributed by atoms with Gasteiger partial charge in [0.1, 0.15) is 11.5 Å². The van der Waals surface area contributed by atoms with Gasteiger partial charge in [-0.2, -0.15) is 0 Å². The van der Waals surface area contributed by atoms with Crippen molar-refractivity contribution in [1.29, 1.82) is 0 Å². The summed E-state index contributed by atoms with van der Waals surface area (Å²) in [6.07, 6.45) is 1.32. The van der Waals surface area contributed by atoms with Gasteiger partial charge in [-0.1, -0.05) is 18.2 Å². The molecule has 4 rings (SSSR count). The van der Waals surface area contributed by atoms with Gasteiger partial charge in [-0.3, -0.25) is 0 Å². The van der Waals surface area contributed by atoms with Crippen molar-refractivity contribution in [2.45, 2.75) is 18.4 Å². The third kappa shape index (κ3) is 3.52. The van der Waals surface area contributed by atoms with E-state index >= 15 is 0 Å². The molecule has 2 fully saturated rings. The number of carbonyl (C=O) groups is 1. The van der Waals surface area contributed by atoms with Crippen molar-refractivity contribution in [2.24, 2.45) is 11.8 Å². The Balaban J connectivity index is 1.40. The summed E-state index contributed by atoms with van der Waals surface area (Å²) in [5.74, 6) is 2.06. The van der Waals surface area contributed by atoms with Crippen LogP contribution in [0.5, 0.6) is 11.5 Å². The molecular formula is C22H26N2O4. The Morgan fingerprint density at radius 3 is 2.29 bits per heavy atom. The molecule has 2 amide bonds. The summed E-state index contributed by atoms with van der Waals surface area (Å²) < 4.78 is 10.5. The van der Waals surface area contributed by atoms with Gasteiger partial charge in [-0.05, 0) is 54.5 Å². The van der Waals surface area contributed by atoms with Gasteiger partial charge in [0.25, 0.3) is 0 Å². The van der Waals surface area contributed by atoms with E-state index in [0.717, 1.165) is 11.3 Å². The fraction of sp³-hybridized carbons (Fsp3) is 0.409. The topological polar surface area (TPSA) is 71.0 Å². The van der Waals surface area contributed by atoms with Crippen LogP contribution in [-0.2, 0) is 5.60 Å². The van der Waals surface area contributed by atoms with Crippen LogP contribution in [0.3, 0.4) is 0 Å². The number of aliphatic hydroxyl groups is 1. The van der Waals surface area contributed by atoms with Crippen molar-refractivity contribution < 1.29 is 19.4 Å². The Kier molecular flexibility index (Phi) is 4.89. The summed E-state index contributed by atoms with van der Waals surface area (Å²) in [5.41, 5.74) is 0.766. The number of carbonyl (C=O) groups excluding carboxylic acids is 1. The Morgan fingerprint density at radius 1 is 1.04 bits per heavy atom. The predicted octanol–water partition coefficient (Wildman–Crippen LogP) is 3.47. The molecule has 28 heavy (non-hydrogen) atoms. The standard InChI is InChI=1S/C22H26N2O4/c1-27-19-7-3-5-17(9-19)22(26)11-15-13-24(14-16(15)12-22)21(25)23-18-6-4-8-20(10-18)28-2/h3-10,15-16,26H,11-14H2,1-2H3,(H,23,25). The summed E-state index contributed by atoms with van der Waals surface area (Å²) in [5, 5.41) is 14.2. The molecule has 1 aliphatic heterocycles. The molecule has 1 saturated carbocycles. The Hall–Kier alpha value is -2.73. The molecule has 6 heteroatoms. The molecule has 6 nitrogen and oxygen atoms in total. The average molecular weight is 382 g/mol. The van der Waals surface area contributed by atoms with E-state index in [1.807, 2.05) is 47.4 Å². The summed E-state index contributed by atoms with van der Waals surface area (Å²) >= 11 is 0. The maximum atomic E-state index is 12.7. The van der Waals surface area contributed by atoms with Gasteiger partial charge in [0.15, 0.2) is 0 Å². The lowest BCUT2D eigenvalue weighted by molar-refractivity contribution is 0.0326. The van der Waals surface area contributed by atoms with Crippen LogP contribution < -0.4 is 14.8 Å². The molecule has 2 aromatic rings. The van der Waals surface area contributed by atoms with Gasteiger partial charge in [0.2, 0.25) is 0 Å². The van der Waals surface area contributed by atoms with E-state index in [4.69, 9.17) is 9.47 Å². The van der Waals surface area contributed by atoms with E-state index in [0.29, 0.717) is 49.2 Å². The normalized spacial score (nSPS) is 26.0. The second kappa shape index (κ2) is 7.36. The first-order valence-corrected chi connectivity index (χ1v) is 9.57. The fourth-order valence-electron chi connectivity index (χ4n) is 4.57. The zero-order chi connectivity index (χ0) is 19.7. The van der Waals surface area contributed by atoms with E-state index in [2.05, 4.69) is 5.32 Å². The number of likely N-dealkylation sites (tertiary alicyclic amines) is 1. The second-order valence-electron chi connectivity index (χ2n) is 7.76. The number of urea groups is 1. The van der Waals surface area contributed by atoms with Crippen LogP contribution in [0.1, 0.15) is 18.4 Å². The number of benzene rings is 2. The van der Waals surface area contributed by atoms with E-state index in [1.165, 1.54) is 0 Å². The van der Waals surface area contributed by atoms with Crippen LogP contribution >= 0.6 is 0 Å². The first kappa shape index (κ1) is 18.6. The number of ether oxygens (including phenoxy) is 2. The molecule has 2 aromatic carbocycles. The zero-order valence-corrected chi connectivity index (χ0v) is 16.2. The lowest BCUT2D eigenvalue weighted by Crippen LogP contribution is -2.35. The molecule has 2 N–H and O–H groups in total. The quantitative estimate of drug-likeness (QED) is 0.850. The van der Waals surface area contributed by atoms with Crippen LogP contribution in [0.2, 0.25) is 0 Å². The first-order valence-electron chi connectivity index (χ1n) is 9.57. The number of nitrogens with one attached hydrogen (secondary N) is 1. The number of rotatable bonds is 4.